The van der Waals surface area contributed by atoms with Crippen LogP contribution in [0.5, 0.6) is 0 Å². The smallest absolute Gasteiger partial charge is 0.262 e. The summed E-state index contributed by atoms with van der Waals surface area (Å²) < 4.78 is 28.9. The van der Waals surface area contributed by atoms with E-state index in [0.29, 0.717) is 5.69 Å². The number of rotatable bonds is 6. The van der Waals surface area contributed by atoms with E-state index in [4.69, 9.17) is 0 Å². The molecule has 114 valence electrons. The normalized spacial score (nSPS) is 13.1. The molecule has 1 aromatic heterocycles. The zero-order chi connectivity index (χ0) is 15.5. The second kappa shape index (κ2) is 6.28. The maximum Gasteiger partial charge on any atom is 0.262 e. The lowest BCUT2D eigenvalue weighted by Crippen LogP contribution is -2.17. The predicted octanol–water partition coefficient (Wildman–Crippen LogP) is 1.89. The van der Waals surface area contributed by atoms with Crippen molar-refractivity contribution in [3.05, 3.63) is 42.2 Å². The molecule has 0 amide bonds. The number of aromatic nitrogens is 2. The van der Waals surface area contributed by atoms with Crippen molar-refractivity contribution < 1.29 is 8.42 Å². The van der Waals surface area contributed by atoms with E-state index in [1.807, 2.05) is 13.1 Å². The fraction of sp³-hybridized carbons (Fsp3) is 0.357. The predicted molar refractivity (Wildman–Crippen MR) is 82.6 cm³/mol. The molecule has 1 unspecified atom stereocenters. The molecule has 0 spiro atoms. The lowest BCUT2D eigenvalue weighted by atomic mass is 10.1. The van der Waals surface area contributed by atoms with Crippen LogP contribution in [0, 0.1) is 0 Å². The van der Waals surface area contributed by atoms with Gasteiger partial charge in [-0.15, -0.1) is 0 Å². The zero-order valence-corrected chi connectivity index (χ0v) is 13.2. The summed E-state index contributed by atoms with van der Waals surface area (Å²) >= 11 is 0. The van der Waals surface area contributed by atoms with Gasteiger partial charge in [-0.2, -0.15) is 5.10 Å². The van der Waals surface area contributed by atoms with E-state index in [-0.39, 0.29) is 10.9 Å². The van der Waals surface area contributed by atoms with Crippen LogP contribution in [0.15, 0.2) is 41.6 Å². The molecule has 0 saturated heterocycles. The number of benzene rings is 1. The molecule has 0 fully saturated rings. The van der Waals surface area contributed by atoms with E-state index in [1.165, 1.54) is 6.20 Å². The lowest BCUT2D eigenvalue weighted by Gasteiger charge is -2.15. The first kappa shape index (κ1) is 15.5. The summed E-state index contributed by atoms with van der Waals surface area (Å²) in [7, 11) is -0.00594. The topological polar surface area (TPSA) is 76.0 Å². The van der Waals surface area contributed by atoms with Crippen LogP contribution in [0.3, 0.4) is 0 Å². The molecule has 2 rings (SSSR count). The van der Waals surface area contributed by atoms with Gasteiger partial charge in [0.1, 0.15) is 0 Å². The Labute approximate surface area is 125 Å². The summed E-state index contributed by atoms with van der Waals surface area (Å²) in [5.41, 5.74) is 1.40. The van der Waals surface area contributed by atoms with Crippen molar-refractivity contribution in [2.75, 3.05) is 11.8 Å². The molecule has 0 radical (unpaired) electrons. The first-order valence-electron chi connectivity index (χ1n) is 6.75. The van der Waals surface area contributed by atoms with Crippen LogP contribution in [-0.2, 0) is 17.1 Å². The van der Waals surface area contributed by atoms with E-state index < -0.39 is 10.0 Å². The quantitative estimate of drug-likeness (QED) is 0.854. The van der Waals surface area contributed by atoms with Crippen molar-refractivity contribution in [3.8, 4) is 0 Å². The van der Waals surface area contributed by atoms with Crippen LogP contribution < -0.4 is 10.0 Å². The Morgan fingerprint density at radius 1 is 1.38 bits per heavy atom. The summed E-state index contributed by atoms with van der Waals surface area (Å²) in [6.45, 7) is 2.05. The maximum atomic E-state index is 12.4. The molecule has 21 heavy (non-hydrogen) atoms. The standard InChI is InChI=1S/C14H20N4O2S/c1-4-14(15-2)11-6-5-7-13(8-11)21(19,20)17-12-9-16-18(3)10-12/h5-10,14-15,17H,4H2,1-3H3. The molecule has 1 atom stereocenters. The third-order valence-electron chi connectivity index (χ3n) is 3.28. The molecular formula is C14H20N4O2S. The van der Waals surface area contributed by atoms with E-state index in [2.05, 4.69) is 22.1 Å². The Morgan fingerprint density at radius 3 is 2.71 bits per heavy atom. The van der Waals surface area contributed by atoms with Gasteiger partial charge in [-0.1, -0.05) is 19.1 Å². The molecule has 0 saturated carbocycles. The van der Waals surface area contributed by atoms with E-state index in [9.17, 15) is 8.42 Å². The number of hydrogen-bond acceptors (Lipinski definition) is 4. The van der Waals surface area contributed by atoms with Crippen molar-refractivity contribution in [2.24, 2.45) is 7.05 Å². The van der Waals surface area contributed by atoms with Crippen molar-refractivity contribution in [1.82, 2.24) is 15.1 Å². The highest BCUT2D eigenvalue weighted by Gasteiger charge is 2.17. The van der Waals surface area contributed by atoms with Crippen LogP contribution in [-0.4, -0.2) is 25.2 Å². The Balaban J connectivity index is 2.29. The molecule has 0 aliphatic rings. The number of sulfonamides is 1. The number of anilines is 1. The van der Waals surface area contributed by atoms with Gasteiger partial charge in [-0.25, -0.2) is 8.42 Å². The minimum absolute atomic E-state index is 0.138. The monoisotopic (exact) mass is 308 g/mol. The number of hydrogen-bond donors (Lipinski definition) is 2. The second-order valence-electron chi connectivity index (χ2n) is 4.83. The fourth-order valence-corrected chi connectivity index (χ4v) is 3.28. The van der Waals surface area contributed by atoms with Crippen molar-refractivity contribution in [3.63, 3.8) is 0 Å². The van der Waals surface area contributed by atoms with Gasteiger partial charge < -0.3 is 5.32 Å². The van der Waals surface area contributed by atoms with Crippen LogP contribution in [0.1, 0.15) is 24.9 Å². The van der Waals surface area contributed by atoms with Crippen LogP contribution in [0.25, 0.3) is 0 Å². The molecule has 1 heterocycles. The highest BCUT2D eigenvalue weighted by Crippen LogP contribution is 2.21. The highest BCUT2D eigenvalue weighted by atomic mass is 32.2. The lowest BCUT2D eigenvalue weighted by molar-refractivity contribution is 0.574. The Kier molecular flexibility index (Phi) is 4.64. The minimum Gasteiger partial charge on any atom is -0.313 e. The summed E-state index contributed by atoms with van der Waals surface area (Å²) in [4.78, 5) is 0.248. The highest BCUT2D eigenvalue weighted by molar-refractivity contribution is 7.92. The molecule has 2 N–H and O–H groups in total. The van der Waals surface area contributed by atoms with Gasteiger partial charge in [-0.05, 0) is 31.2 Å². The van der Waals surface area contributed by atoms with Crippen LogP contribution >= 0.6 is 0 Å². The van der Waals surface area contributed by atoms with Gasteiger partial charge in [-0.3, -0.25) is 9.40 Å². The number of nitrogens with zero attached hydrogens (tertiary/aromatic N) is 2. The molecule has 1 aromatic carbocycles. The molecule has 0 aliphatic carbocycles. The Hall–Kier alpha value is -1.86. The molecule has 7 heteroatoms. The average molecular weight is 308 g/mol. The fourth-order valence-electron chi connectivity index (χ4n) is 2.19. The minimum atomic E-state index is -3.60. The SMILES string of the molecule is CCC(NC)c1cccc(S(=O)(=O)Nc2cnn(C)c2)c1. The van der Waals surface area contributed by atoms with Crippen LogP contribution in [0.2, 0.25) is 0 Å². The van der Waals surface area contributed by atoms with Crippen molar-refractivity contribution in [2.45, 2.75) is 24.3 Å². The Bertz CT molecular complexity index is 705. The van der Waals surface area contributed by atoms with Gasteiger partial charge in [0, 0.05) is 19.3 Å². The maximum absolute atomic E-state index is 12.4. The van der Waals surface area contributed by atoms with Gasteiger partial charge in [0.25, 0.3) is 10.0 Å². The van der Waals surface area contributed by atoms with Gasteiger partial charge >= 0.3 is 0 Å². The summed E-state index contributed by atoms with van der Waals surface area (Å²) in [5, 5.41) is 7.12. The van der Waals surface area contributed by atoms with E-state index in [1.54, 1.807) is 36.1 Å². The first-order valence-corrected chi connectivity index (χ1v) is 8.23. The van der Waals surface area contributed by atoms with E-state index in [0.717, 1.165) is 12.0 Å². The van der Waals surface area contributed by atoms with Gasteiger partial charge in [0.05, 0.1) is 16.8 Å². The number of nitrogens with one attached hydrogen (secondary N) is 2. The number of aryl methyl sites for hydroxylation is 1. The third-order valence-corrected chi connectivity index (χ3v) is 4.66. The molecular weight excluding hydrogens is 288 g/mol. The van der Waals surface area contributed by atoms with Crippen molar-refractivity contribution >= 4 is 15.7 Å². The van der Waals surface area contributed by atoms with E-state index >= 15 is 0 Å². The molecule has 0 aliphatic heterocycles. The second-order valence-corrected chi connectivity index (χ2v) is 6.51. The first-order chi connectivity index (χ1) is 9.96. The zero-order valence-electron chi connectivity index (χ0n) is 12.4. The largest absolute Gasteiger partial charge is 0.313 e. The summed E-state index contributed by atoms with van der Waals surface area (Å²) in [6.07, 6.45) is 3.98. The van der Waals surface area contributed by atoms with Gasteiger partial charge in [0.2, 0.25) is 0 Å². The summed E-state index contributed by atoms with van der Waals surface area (Å²) in [6, 6.07) is 7.10. The molecule has 6 nitrogen and oxygen atoms in total. The van der Waals surface area contributed by atoms with Gasteiger partial charge in [0.15, 0.2) is 0 Å². The Morgan fingerprint density at radius 2 is 2.14 bits per heavy atom. The van der Waals surface area contributed by atoms with Crippen LogP contribution in [0.4, 0.5) is 5.69 Å². The molecule has 2 aromatic rings. The third kappa shape index (κ3) is 3.62. The van der Waals surface area contributed by atoms with Crippen molar-refractivity contribution in [1.29, 1.82) is 0 Å². The molecule has 0 bridgehead atoms. The average Bonchev–Trinajstić information content (AvgIpc) is 2.85. The summed E-state index contributed by atoms with van der Waals surface area (Å²) in [5.74, 6) is 0.